The van der Waals surface area contributed by atoms with Gasteiger partial charge in [-0.25, -0.2) is 13.4 Å². The number of aromatic nitrogens is 2. The highest BCUT2D eigenvalue weighted by atomic mass is 35.5. The molecule has 1 aromatic heterocycles. The molecule has 0 bridgehead atoms. The Kier molecular flexibility index (Phi) is 5.89. The molecular formula is C25H23ClN4O3S. The van der Waals surface area contributed by atoms with Gasteiger partial charge in [0, 0.05) is 25.7 Å². The second kappa shape index (κ2) is 8.87. The van der Waals surface area contributed by atoms with Crippen LogP contribution in [-0.4, -0.2) is 34.7 Å². The Morgan fingerprint density at radius 2 is 1.79 bits per heavy atom. The van der Waals surface area contributed by atoms with Crippen LogP contribution in [0.5, 0.6) is 0 Å². The van der Waals surface area contributed by atoms with Gasteiger partial charge < -0.3 is 9.88 Å². The van der Waals surface area contributed by atoms with Crippen molar-refractivity contribution in [1.29, 1.82) is 0 Å². The first-order valence-electron chi connectivity index (χ1n) is 10.9. The first-order valence-corrected chi connectivity index (χ1v) is 12.7. The van der Waals surface area contributed by atoms with Crippen molar-refractivity contribution in [2.45, 2.75) is 24.4 Å². The highest BCUT2D eigenvalue weighted by Gasteiger charge is 2.30. The van der Waals surface area contributed by atoms with Crippen LogP contribution in [0.2, 0.25) is 5.02 Å². The number of para-hydroxylation sites is 2. The van der Waals surface area contributed by atoms with E-state index in [1.54, 1.807) is 0 Å². The summed E-state index contributed by atoms with van der Waals surface area (Å²) in [6.07, 6.45) is 0.630. The third kappa shape index (κ3) is 4.09. The lowest BCUT2D eigenvalue weighted by atomic mass is 10.0. The van der Waals surface area contributed by atoms with E-state index in [2.05, 4.69) is 10.3 Å². The van der Waals surface area contributed by atoms with Crippen molar-refractivity contribution in [1.82, 2.24) is 19.2 Å². The Morgan fingerprint density at radius 1 is 1.06 bits per heavy atom. The van der Waals surface area contributed by atoms with Crippen molar-refractivity contribution in [3.8, 4) is 0 Å². The predicted molar refractivity (Wildman–Crippen MR) is 131 cm³/mol. The van der Waals surface area contributed by atoms with Crippen LogP contribution < -0.4 is 5.32 Å². The third-order valence-corrected chi connectivity index (χ3v) is 8.52. The maximum atomic E-state index is 13.4. The van der Waals surface area contributed by atoms with E-state index in [0.29, 0.717) is 18.8 Å². The van der Waals surface area contributed by atoms with Gasteiger partial charge in [0.25, 0.3) is 5.91 Å². The van der Waals surface area contributed by atoms with E-state index in [1.165, 1.54) is 22.5 Å². The molecule has 34 heavy (non-hydrogen) atoms. The zero-order valence-corrected chi connectivity index (χ0v) is 20.1. The van der Waals surface area contributed by atoms with E-state index < -0.39 is 15.9 Å². The largest absolute Gasteiger partial charge is 0.345 e. The molecule has 0 fully saturated rings. The van der Waals surface area contributed by atoms with Crippen LogP contribution in [0.1, 0.15) is 27.3 Å². The number of benzene rings is 3. The number of nitrogens with zero attached hydrogens (tertiary/aromatic N) is 3. The van der Waals surface area contributed by atoms with Crippen molar-refractivity contribution >= 4 is 38.6 Å². The fraction of sp³-hybridized carbons (Fsp3) is 0.200. The van der Waals surface area contributed by atoms with E-state index in [0.717, 1.165) is 22.2 Å². The Bertz CT molecular complexity index is 1510. The lowest BCUT2D eigenvalue weighted by molar-refractivity contribution is 0.0949. The first kappa shape index (κ1) is 22.6. The Hall–Kier alpha value is -3.20. The normalized spacial score (nSPS) is 14.2. The minimum absolute atomic E-state index is 0.0658. The fourth-order valence-corrected chi connectivity index (χ4v) is 6.19. The van der Waals surface area contributed by atoms with Crippen LogP contribution >= 0.6 is 11.6 Å². The number of sulfonamides is 1. The highest BCUT2D eigenvalue weighted by molar-refractivity contribution is 7.89. The van der Waals surface area contributed by atoms with Gasteiger partial charge in [-0.15, -0.1) is 0 Å². The number of imidazole rings is 1. The van der Waals surface area contributed by atoms with E-state index >= 15 is 0 Å². The number of hydrogen-bond donors (Lipinski definition) is 1. The molecular weight excluding hydrogens is 472 g/mol. The maximum Gasteiger partial charge on any atom is 0.251 e. The molecule has 7 nitrogen and oxygen atoms in total. The molecule has 1 aliphatic rings. The van der Waals surface area contributed by atoms with Crippen molar-refractivity contribution < 1.29 is 13.2 Å². The smallest absolute Gasteiger partial charge is 0.251 e. The summed E-state index contributed by atoms with van der Waals surface area (Å²) < 4.78 is 30.2. The van der Waals surface area contributed by atoms with Crippen molar-refractivity contribution in [2.24, 2.45) is 7.05 Å². The number of hydrogen-bond acceptors (Lipinski definition) is 4. The summed E-state index contributed by atoms with van der Waals surface area (Å²) in [6, 6.07) is 19.9. The minimum atomic E-state index is -3.88. The summed E-state index contributed by atoms with van der Waals surface area (Å²) in [4.78, 5) is 17.4. The molecule has 0 spiro atoms. The summed E-state index contributed by atoms with van der Waals surface area (Å²) in [5, 5.41) is 2.92. The van der Waals surface area contributed by atoms with Crippen molar-refractivity contribution in [2.75, 3.05) is 6.54 Å². The van der Waals surface area contributed by atoms with Gasteiger partial charge in [0.15, 0.2) is 0 Å². The summed E-state index contributed by atoms with van der Waals surface area (Å²) in [7, 11) is -1.99. The first-order chi connectivity index (χ1) is 16.3. The number of amides is 1. The zero-order valence-electron chi connectivity index (χ0n) is 18.5. The predicted octanol–water partition coefficient (Wildman–Crippen LogP) is 3.90. The lowest BCUT2D eigenvalue weighted by Crippen LogP contribution is -2.36. The van der Waals surface area contributed by atoms with Crippen LogP contribution in [0.3, 0.4) is 0 Å². The molecule has 1 amide bonds. The van der Waals surface area contributed by atoms with Crippen molar-refractivity contribution in [3.05, 3.63) is 94.3 Å². The van der Waals surface area contributed by atoms with E-state index in [1.807, 2.05) is 60.1 Å². The van der Waals surface area contributed by atoms with Gasteiger partial charge in [0.2, 0.25) is 10.0 Å². The van der Waals surface area contributed by atoms with Crippen LogP contribution in [0, 0.1) is 0 Å². The molecule has 1 aliphatic heterocycles. The van der Waals surface area contributed by atoms with Gasteiger partial charge in [-0.1, -0.05) is 48.0 Å². The molecule has 3 aromatic carbocycles. The lowest BCUT2D eigenvalue weighted by Gasteiger charge is -2.28. The van der Waals surface area contributed by atoms with Crippen molar-refractivity contribution in [3.63, 3.8) is 0 Å². The second-order valence-corrected chi connectivity index (χ2v) is 10.6. The van der Waals surface area contributed by atoms with Crippen LogP contribution in [0.25, 0.3) is 11.0 Å². The summed E-state index contributed by atoms with van der Waals surface area (Å²) >= 11 is 6.29. The van der Waals surface area contributed by atoms with Gasteiger partial charge >= 0.3 is 0 Å². The standard InChI is InChI=1S/C25H23ClN4O3S/c1-29-22-9-5-4-8-21(22)28-24(29)15-27-25(31)18-10-11-20(26)23(14-18)34(32,33)30-13-12-17-6-2-3-7-19(17)16-30/h2-11,14H,12-13,15-16H2,1H3,(H,27,31). The topological polar surface area (TPSA) is 84.3 Å². The maximum absolute atomic E-state index is 13.4. The number of fused-ring (bicyclic) bond motifs is 2. The monoisotopic (exact) mass is 494 g/mol. The number of carbonyl (C=O) groups excluding carboxylic acids is 1. The van der Waals surface area contributed by atoms with Gasteiger partial charge in [-0.05, 0) is 47.9 Å². The SMILES string of the molecule is Cn1c(CNC(=O)c2ccc(Cl)c(S(=O)(=O)N3CCc4ccccc4C3)c2)nc2ccccc21. The molecule has 174 valence electrons. The minimum Gasteiger partial charge on any atom is -0.345 e. The molecule has 0 atom stereocenters. The number of carbonyl (C=O) groups is 1. The number of aryl methyl sites for hydroxylation is 1. The van der Waals surface area contributed by atoms with Gasteiger partial charge in [-0.3, -0.25) is 4.79 Å². The third-order valence-electron chi connectivity index (χ3n) is 6.19. The number of nitrogens with one attached hydrogen (secondary N) is 1. The number of halogens is 1. The van der Waals surface area contributed by atoms with E-state index in [9.17, 15) is 13.2 Å². The molecule has 2 heterocycles. The summed E-state index contributed by atoms with van der Waals surface area (Å²) in [5.74, 6) is 0.299. The molecule has 5 rings (SSSR count). The van der Waals surface area contributed by atoms with Crippen LogP contribution in [0.4, 0.5) is 0 Å². The second-order valence-electron chi connectivity index (χ2n) is 8.26. The highest BCUT2D eigenvalue weighted by Crippen LogP contribution is 2.30. The average Bonchev–Trinajstić information content (AvgIpc) is 3.18. The summed E-state index contributed by atoms with van der Waals surface area (Å²) in [5.41, 5.74) is 4.16. The van der Waals surface area contributed by atoms with Crippen LogP contribution in [0.15, 0.2) is 71.6 Å². The molecule has 0 saturated carbocycles. The average molecular weight is 495 g/mol. The zero-order chi connectivity index (χ0) is 23.9. The van der Waals surface area contributed by atoms with Gasteiger partial charge in [0.05, 0.1) is 22.6 Å². The molecule has 0 aliphatic carbocycles. The quantitative estimate of drug-likeness (QED) is 0.456. The summed E-state index contributed by atoms with van der Waals surface area (Å²) in [6.45, 7) is 0.842. The number of rotatable bonds is 5. The van der Waals surface area contributed by atoms with Gasteiger partial charge in [0.1, 0.15) is 10.7 Å². The van der Waals surface area contributed by atoms with Gasteiger partial charge in [-0.2, -0.15) is 4.31 Å². The molecule has 4 aromatic rings. The molecule has 0 radical (unpaired) electrons. The van der Waals surface area contributed by atoms with E-state index in [4.69, 9.17) is 11.6 Å². The Labute approximate surface area is 203 Å². The molecule has 0 saturated heterocycles. The van der Waals surface area contributed by atoms with E-state index in [-0.39, 0.29) is 28.6 Å². The Morgan fingerprint density at radius 3 is 2.59 bits per heavy atom. The molecule has 1 N–H and O–H groups in total. The fourth-order valence-electron chi connectivity index (χ4n) is 4.27. The Balaban J connectivity index is 1.36. The van der Waals surface area contributed by atoms with Crippen LogP contribution in [-0.2, 0) is 36.6 Å². The molecule has 0 unspecified atom stereocenters. The molecule has 9 heteroatoms.